The zero-order valence-corrected chi connectivity index (χ0v) is 12.5. The van der Waals surface area contributed by atoms with Gasteiger partial charge in [0.1, 0.15) is 5.75 Å². The summed E-state index contributed by atoms with van der Waals surface area (Å²) in [6.45, 7) is 7.58. The van der Waals surface area contributed by atoms with Gasteiger partial charge in [0.2, 0.25) is 0 Å². The predicted octanol–water partition coefficient (Wildman–Crippen LogP) is 4.30. The van der Waals surface area contributed by atoms with Gasteiger partial charge in [0.25, 0.3) is 0 Å². The average Bonchev–Trinajstić information content (AvgIpc) is 2.75. The third-order valence-corrected chi connectivity index (χ3v) is 4.51. The van der Waals surface area contributed by atoms with Gasteiger partial charge in [0.15, 0.2) is 0 Å². The lowest BCUT2D eigenvalue weighted by atomic mass is 9.75. The Morgan fingerprint density at radius 1 is 1.37 bits per heavy atom. The Hall–Kier alpha value is -1.02. The monoisotopic (exact) mass is 261 g/mol. The van der Waals surface area contributed by atoms with E-state index < -0.39 is 0 Å². The summed E-state index contributed by atoms with van der Waals surface area (Å²) in [5.41, 5.74) is 8.09. The van der Waals surface area contributed by atoms with Crippen molar-refractivity contribution in [3.8, 4) is 5.75 Å². The van der Waals surface area contributed by atoms with E-state index in [1.807, 2.05) is 12.1 Å². The molecule has 0 amide bonds. The lowest BCUT2D eigenvalue weighted by Gasteiger charge is -2.33. The molecule has 0 aliphatic heterocycles. The molecule has 2 N–H and O–H groups in total. The Balaban J connectivity index is 2.21. The minimum Gasteiger partial charge on any atom is -0.493 e. The van der Waals surface area contributed by atoms with E-state index in [0.29, 0.717) is 11.3 Å². The van der Waals surface area contributed by atoms with Gasteiger partial charge in [-0.15, -0.1) is 0 Å². The van der Waals surface area contributed by atoms with Gasteiger partial charge in [-0.25, -0.2) is 0 Å². The number of hydrogen-bond donors (Lipinski definition) is 1. The van der Waals surface area contributed by atoms with Crippen LogP contribution in [0.3, 0.4) is 0 Å². The highest BCUT2D eigenvalue weighted by atomic mass is 16.5. The molecule has 0 bridgehead atoms. The smallest absolute Gasteiger partial charge is 0.124 e. The molecule has 0 saturated heterocycles. The molecule has 2 rings (SSSR count). The summed E-state index contributed by atoms with van der Waals surface area (Å²) in [4.78, 5) is 0. The minimum absolute atomic E-state index is 0.0885. The molecular weight excluding hydrogens is 234 g/mol. The zero-order valence-electron chi connectivity index (χ0n) is 12.5. The van der Waals surface area contributed by atoms with Crippen molar-refractivity contribution < 1.29 is 4.74 Å². The maximum absolute atomic E-state index is 6.57. The van der Waals surface area contributed by atoms with Crippen LogP contribution in [0, 0.1) is 11.3 Å². The van der Waals surface area contributed by atoms with Crippen molar-refractivity contribution in [2.45, 2.75) is 52.5 Å². The molecular formula is C17H27NO. The summed E-state index contributed by atoms with van der Waals surface area (Å²) >= 11 is 0. The van der Waals surface area contributed by atoms with E-state index >= 15 is 0 Å². The zero-order chi connectivity index (χ0) is 13.9. The second-order valence-electron chi connectivity index (χ2n) is 6.40. The van der Waals surface area contributed by atoms with E-state index in [1.165, 1.54) is 24.8 Å². The fraction of sp³-hybridized carbons (Fsp3) is 0.647. The van der Waals surface area contributed by atoms with Gasteiger partial charge < -0.3 is 10.5 Å². The Labute approximate surface area is 117 Å². The van der Waals surface area contributed by atoms with Crippen LogP contribution in [-0.2, 0) is 0 Å². The first-order chi connectivity index (χ1) is 9.06. The van der Waals surface area contributed by atoms with E-state index in [2.05, 4.69) is 32.9 Å². The topological polar surface area (TPSA) is 35.2 Å². The van der Waals surface area contributed by atoms with Crippen LogP contribution in [-0.4, -0.2) is 6.61 Å². The molecule has 2 nitrogen and oxygen atoms in total. The molecule has 1 aromatic rings. The fourth-order valence-corrected chi connectivity index (χ4v) is 3.34. The second-order valence-corrected chi connectivity index (χ2v) is 6.40. The normalized spacial score (nSPS) is 23.3. The third kappa shape index (κ3) is 3.11. The maximum Gasteiger partial charge on any atom is 0.124 e. The summed E-state index contributed by atoms with van der Waals surface area (Å²) in [5.74, 6) is 1.53. The maximum atomic E-state index is 6.57. The quantitative estimate of drug-likeness (QED) is 0.857. The summed E-state index contributed by atoms with van der Waals surface area (Å²) in [6, 6.07) is 8.36. The molecule has 0 aromatic heterocycles. The van der Waals surface area contributed by atoms with Gasteiger partial charge >= 0.3 is 0 Å². The van der Waals surface area contributed by atoms with Crippen molar-refractivity contribution in [3.05, 3.63) is 29.8 Å². The Morgan fingerprint density at radius 2 is 2.11 bits per heavy atom. The van der Waals surface area contributed by atoms with Crippen LogP contribution in [0.1, 0.15) is 58.1 Å². The fourth-order valence-electron chi connectivity index (χ4n) is 3.34. The van der Waals surface area contributed by atoms with Gasteiger partial charge in [-0.05, 0) is 36.7 Å². The van der Waals surface area contributed by atoms with Gasteiger partial charge in [-0.1, -0.05) is 45.4 Å². The van der Waals surface area contributed by atoms with Crippen molar-refractivity contribution in [2.75, 3.05) is 6.61 Å². The van der Waals surface area contributed by atoms with Crippen molar-refractivity contribution in [1.82, 2.24) is 0 Å². The first-order valence-corrected chi connectivity index (χ1v) is 7.53. The molecule has 1 aliphatic carbocycles. The number of rotatable bonds is 5. The Kier molecular flexibility index (Phi) is 4.51. The average molecular weight is 261 g/mol. The van der Waals surface area contributed by atoms with Crippen LogP contribution in [0.15, 0.2) is 24.3 Å². The minimum atomic E-state index is 0.0885. The van der Waals surface area contributed by atoms with Gasteiger partial charge in [-0.2, -0.15) is 0 Å². The number of ether oxygens (including phenoxy) is 1. The molecule has 2 atom stereocenters. The van der Waals surface area contributed by atoms with E-state index in [1.54, 1.807) is 0 Å². The van der Waals surface area contributed by atoms with E-state index in [9.17, 15) is 0 Å². The lowest BCUT2D eigenvalue weighted by Crippen LogP contribution is -2.30. The highest BCUT2D eigenvalue weighted by Gasteiger charge is 2.39. The lowest BCUT2D eigenvalue weighted by molar-refractivity contribution is 0.217. The van der Waals surface area contributed by atoms with Crippen molar-refractivity contribution in [2.24, 2.45) is 17.1 Å². The number of hydrogen-bond acceptors (Lipinski definition) is 2. The SMILES string of the molecule is CCCOc1ccccc1C(N)C1CCCC1(C)C. The highest BCUT2D eigenvalue weighted by Crippen LogP contribution is 2.48. The molecule has 1 aromatic carbocycles. The van der Waals surface area contributed by atoms with Gasteiger partial charge in [0.05, 0.1) is 6.61 Å². The molecule has 1 aliphatic rings. The van der Waals surface area contributed by atoms with Crippen molar-refractivity contribution in [3.63, 3.8) is 0 Å². The van der Waals surface area contributed by atoms with E-state index in [-0.39, 0.29) is 6.04 Å². The van der Waals surface area contributed by atoms with E-state index in [0.717, 1.165) is 18.8 Å². The molecule has 0 heterocycles. The molecule has 106 valence electrons. The molecule has 0 radical (unpaired) electrons. The van der Waals surface area contributed by atoms with Gasteiger partial charge in [-0.3, -0.25) is 0 Å². The summed E-state index contributed by atoms with van der Waals surface area (Å²) in [7, 11) is 0. The summed E-state index contributed by atoms with van der Waals surface area (Å²) in [5, 5.41) is 0. The predicted molar refractivity (Wildman–Crippen MR) is 80.3 cm³/mol. The standard InChI is InChI=1S/C17H27NO/c1-4-12-19-15-10-6-5-8-13(15)16(18)14-9-7-11-17(14,2)3/h5-6,8,10,14,16H,4,7,9,11-12,18H2,1-3H3. The highest BCUT2D eigenvalue weighted by molar-refractivity contribution is 5.36. The Morgan fingerprint density at radius 3 is 2.74 bits per heavy atom. The molecule has 1 fully saturated rings. The molecule has 2 unspecified atom stereocenters. The summed E-state index contributed by atoms with van der Waals surface area (Å²) < 4.78 is 5.86. The number of benzene rings is 1. The van der Waals surface area contributed by atoms with Gasteiger partial charge in [0, 0.05) is 11.6 Å². The van der Waals surface area contributed by atoms with Crippen LogP contribution in [0.2, 0.25) is 0 Å². The molecule has 2 heteroatoms. The summed E-state index contributed by atoms with van der Waals surface area (Å²) in [6.07, 6.45) is 4.83. The first-order valence-electron chi connectivity index (χ1n) is 7.53. The molecule has 1 saturated carbocycles. The molecule has 0 spiro atoms. The Bertz CT molecular complexity index is 413. The first kappa shape index (κ1) is 14.4. The van der Waals surface area contributed by atoms with Crippen LogP contribution in [0.5, 0.6) is 5.75 Å². The number of para-hydroxylation sites is 1. The largest absolute Gasteiger partial charge is 0.493 e. The van der Waals surface area contributed by atoms with Crippen LogP contribution >= 0.6 is 0 Å². The second kappa shape index (κ2) is 5.96. The van der Waals surface area contributed by atoms with Crippen molar-refractivity contribution >= 4 is 0 Å². The molecule has 19 heavy (non-hydrogen) atoms. The number of nitrogens with two attached hydrogens (primary N) is 1. The van der Waals surface area contributed by atoms with Crippen LogP contribution in [0.25, 0.3) is 0 Å². The van der Waals surface area contributed by atoms with Crippen LogP contribution in [0.4, 0.5) is 0 Å². The van der Waals surface area contributed by atoms with E-state index in [4.69, 9.17) is 10.5 Å². The van der Waals surface area contributed by atoms with Crippen LogP contribution < -0.4 is 10.5 Å². The van der Waals surface area contributed by atoms with Crippen molar-refractivity contribution in [1.29, 1.82) is 0 Å². The third-order valence-electron chi connectivity index (χ3n) is 4.51.